The molecule has 0 heterocycles. The molecular weight excluding hydrogens is 475 g/mol. The lowest BCUT2D eigenvalue weighted by molar-refractivity contribution is -0.274. The van der Waals surface area contributed by atoms with E-state index in [9.17, 15) is 23.4 Å². The van der Waals surface area contributed by atoms with E-state index in [4.69, 9.17) is 9.57 Å². The molecule has 2 aromatic rings. The summed E-state index contributed by atoms with van der Waals surface area (Å²) in [4.78, 5) is 5.72. The summed E-state index contributed by atoms with van der Waals surface area (Å²) < 4.78 is 47.0. The minimum Gasteiger partial charge on any atom is -0.504 e. The molecule has 0 aromatic heterocycles. The number of benzene rings is 2. The van der Waals surface area contributed by atoms with Crippen molar-refractivity contribution in [3.63, 3.8) is 0 Å². The van der Waals surface area contributed by atoms with Gasteiger partial charge in [-0.15, -0.1) is 13.2 Å². The van der Waals surface area contributed by atoms with Crippen molar-refractivity contribution in [2.45, 2.75) is 57.6 Å². The second-order valence-electron chi connectivity index (χ2n) is 10.2. The van der Waals surface area contributed by atoms with Gasteiger partial charge >= 0.3 is 6.36 Å². The zero-order chi connectivity index (χ0) is 25.7. The van der Waals surface area contributed by atoms with E-state index in [0.717, 1.165) is 36.8 Å². The van der Waals surface area contributed by atoms with Crippen LogP contribution in [-0.4, -0.2) is 29.8 Å². The molecular formula is C27H30F3NO5. The van der Waals surface area contributed by atoms with E-state index in [-0.39, 0.29) is 41.5 Å². The lowest BCUT2D eigenvalue weighted by Crippen LogP contribution is -2.43. The number of ether oxygens (including phenoxy) is 2. The number of phenolic OH excluding ortho intramolecular Hbond substituents is 1. The first-order chi connectivity index (χ1) is 17.1. The Labute approximate surface area is 207 Å². The number of hydroxylamine groups is 1. The van der Waals surface area contributed by atoms with Gasteiger partial charge in [0.15, 0.2) is 11.5 Å². The van der Waals surface area contributed by atoms with Crippen LogP contribution in [0.2, 0.25) is 0 Å². The Morgan fingerprint density at radius 3 is 2.69 bits per heavy atom. The van der Waals surface area contributed by atoms with Crippen LogP contribution in [-0.2, 0) is 11.4 Å². The maximum absolute atomic E-state index is 12.6. The van der Waals surface area contributed by atoms with E-state index >= 15 is 0 Å². The number of allylic oxidation sites excluding steroid dienone is 1. The first-order valence-electron chi connectivity index (χ1n) is 12.1. The molecule has 0 amide bonds. The predicted molar refractivity (Wildman–Crippen MR) is 126 cm³/mol. The van der Waals surface area contributed by atoms with E-state index in [0.29, 0.717) is 22.9 Å². The largest absolute Gasteiger partial charge is 0.573 e. The van der Waals surface area contributed by atoms with Crippen molar-refractivity contribution in [2.75, 3.05) is 7.11 Å². The number of nitrogens with one attached hydrogen (secondary N) is 1. The van der Waals surface area contributed by atoms with Gasteiger partial charge in [-0.3, -0.25) is 10.3 Å². The number of halogens is 3. The van der Waals surface area contributed by atoms with Crippen molar-refractivity contribution in [3.05, 3.63) is 59.2 Å². The summed E-state index contributed by atoms with van der Waals surface area (Å²) in [5.41, 5.74) is 5.85. The van der Waals surface area contributed by atoms with Crippen LogP contribution in [0.4, 0.5) is 13.2 Å². The highest BCUT2D eigenvalue weighted by atomic mass is 19.4. The maximum atomic E-state index is 12.6. The predicted octanol–water partition coefficient (Wildman–Crippen LogP) is 5.65. The molecule has 0 saturated heterocycles. The Kier molecular flexibility index (Phi) is 6.32. The summed E-state index contributed by atoms with van der Waals surface area (Å²) in [5.74, 6) is 0.781. The van der Waals surface area contributed by atoms with Crippen LogP contribution in [0.1, 0.15) is 55.2 Å². The van der Waals surface area contributed by atoms with Crippen LogP contribution >= 0.6 is 0 Å². The highest BCUT2D eigenvalue weighted by molar-refractivity contribution is 5.72. The molecule has 2 aromatic carbocycles. The van der Waals surface area contributed by atoms with Crippen LogP contribution in [0.3, 0.4) is 0 Å². The number of aliphatic hydroxyl groups excluding tert-OH is 1. The standard InChI is InChI=1S/C27H30F3NO5/c1-26-9-8-17-18-13-24(34-2)23(32)12-20(18)22(11-19(17)21(26)6-7-25(26)33)31-35-14-15-4-3-5-16(10-15)36-27(28,29)30/h3-5,10-13,17,19,21,25,31-33H,6-9,14H2,1-2H3/t17-,19-,21+,25-,26+/m1/s1. The van der Waals surface area contributed by atoms with Crippen molar-refractivity contribution >= 4 is 5.70 Å². The number of hydrogen-bond donors (Lipinski definition) is 3. The molecule has 0 spiro atoms. The van der Waals surface area contributed by atoms with E-state index in [2.05, 4.69) is 23.2 Å². The Hall–Kier alpha value is -2.91. The number of aromatic hydroxyl groups is 1. The Bertz CT molecular complexity index is 1170. The smallest absolute Gasteiger partial charge is 0.504 e. The number of phenols is 1. The lowest BCUT2D eigenvalue weighted by Gasteiger charge is -2.49. The van der Waals surface area contributed by atoms with Gasteiger partial charge in [-0.05, 0) is 84.2 Å². The molecule has 6 nitrogen and oxygen atoms in total. The third-order valence-electron chi connectivity index (χ3n) is 8.24. The molecule has 3 N–H and O–H groups in total. The first-order valence-corrected chi connectivity index (χ1v) is 12.1. The van der Waals surface area contributed by atoms with Gasteiger partial charge in [0.25, 0.3) is 0 Å². The van der Waals surface area contributed by atoms with Gasteiger partial charge in [0.1, 0.15) is 5.75 Å². The zero-order valence-electron chi connectivity index (χ0n) is 20.1. The molecule has 2 saturated carbocycles. The van der Waals surface area contributed by atoms with E-state index < -0.39 is 6.36 Å². The average Bonchev–Trinajstić information content (AvgIpc) is 3.12. The highest BCUT2D eigenvalue weighted by Crippen LogP contribution is 2.61. The van der Waals surface area contributed by atoms with Crippen molar-refractivity contribution in [1.29, 1.82) is 0 Å². The molecule has 0 aliphatic heterocycles. The monoisotopic (exact) mass is 505 g/mol. The van der Waals surface area contributed by atoms with Crippen molar-refractivity contribution < 1.29 is 37.7 Å². The van der Waals surface area contributed by atoms with E-state index in [1.165, 1.54) is 25.3 Å². The molecule has 5 rings (SSSR count). The van der Waals surface area contributed by atoms with Crippen LogP contribution in [0.15, 0.2) is 42.5 Å². The van der Waals surface area contributed by atoms with Gasteiger partial charge < -0.3 is 19.7 Å². The van der Waals surface area contributed by atoms with Gasteiger partial charge in [-0.1, -0.05) is 25.1 Å². The first kappa shape index (κ1) is 24.8. The summed E-state index contributed by atoms with van der Waals surface area (Å²) in [6.45, 7) is 2.17. The van der Waals surface area contributed by atoms with Crippen molar-refractivity contribution in [1.82, 2.24) is 5.48 Å². The highest BCUT2D eigenvalue weighted by Gasteiger charge is 2.54. The summed E-state index contributed by atoms with van der Waals surface area (Å²) in [7, 11) is 1.52. The molecule has 0 bridgehead atoms. The quantitative estimate of drug-likeness (QED) is 0.441. The number of rotatable bonds is 6. The Balaban J connectivity index is 1.41. The Morgan fingerprint density at radius 1 is 1.14 bits per heavy atom. The summed E-state index contributed by atoms with van der Waals surface area (Å²) in [5, 5.41) is 21.2. The molecule has 194 valence electrons. The molecule has 0 unspecified atom stereocenters. The fourth-order valence-electron chi connectivity index (χ4n) is 6.45. The minimum atomic E-state index is -4.77. The Morgan fingerprint density at radius 2 is 1.94 bits per heavy atom. The normalized spacial score (nSPS) is 29.0. The SMILES string of the molecule is COc1cc2c(cc1O)C(NOCc1cccc(OC(F)(F)F)c1)=C[C@@H]1[C@@H]2CC[C@]2(C)[C@H](O)CC[C@@H]12. The van der Waals surface area contributed by atoms with Gasteiger partial charge in [0.2, 0.25) is 0 Å². The van der Waals surface area contributed by atoms with Crippen LogP contribution in [0.25, 0.3) is 5.70 Å². The molecule has 3 aliphatic carbocycles. The third kappa shape index (κ3) is 4.50. The number of methoxy groups -OCH3 is 1. The maximum Gasteiger partial charge on any atom is 0.573 e. The third-order valence-corrected chi connectivity index (χ3v) is 8.24. The van der Waals surface area contributed by atoms with Gasteiger partial charge in [-0.25, -0.2) is 0 Å². The van der Waals surface area contributed by atoms with Gasteiger partial charge in [0, 0.05) is 5.56 Å². The van der Waals surface area contributed by atoms with Crippen molar-refractivity contribution in [2.24, 2.45) is 17.3 Å². The van der Waals surface area contributed by atoms with E-state index in [1.807, 2.05) is 6.07 Å². The average molecular weight is 506 g/mol. The van der Waals surface area contributed by atoms with Crippen LogP contribution in [0.5, 0.6) is 17.2 Å². The molecule has 2 fully saturated rings. The molecule has 5 atom stereocenters. The van der Waals surface area contributed by atoms with Gasteiger partial charge in [-0.2, -0.15) is 0 Å². The number of aliphatic hydroxyl groups is 1. The second kappa shape index (κ2) is 9.19. The topological polar surface area (TPSA) is 80.2 Å². The van der Waals surface area contributed by atoms with Crippen LogP contribution < -0.4 is 15.0 Å². The molecule has 0 radical (unpaired) electrons. The van der Waals surface area contributed by atoms with Crippen molar-refractivity contribution in [3.8, 4) is 17.2 Å². The van der Waals surface area contributed by atoms with E-state index in [1.54, 1.807) is 12.1 Å². The minimum absolute atomic E-state index is 0.00216. The second-order valence-corrected chi connectivity index (χ2v) is 10.2. The number of alkyl halides is 3. The van der Waals surface area contributed by atoms with Gasteiger partial charge in [0.05, 0.1) is 25.5 Å². The number of fused-ring (bicyclic) bond motifs is 5. The van der Waals surface area contributed by atoms with Crippen LogP contribution in [0, 0.1) is 17.3 Å². The fraction of sp³-hybridized carbons (Fsp3) is 0.481. The lowest BCUT2D eigenvalue weighted by atomic mass is 9.56. The summed E-state index contributed by atoms with van der Waals surface area (Å²) >= 11 is 0. The fourth-order valence-corrected chi connectivity index (χ4v) is 6.45. The molecule has 9 heteroatoms. The molecule has 36 heavy (non-hydrogen) atoms. The summed E-state index contributed by atoms with van der Waals surface area (Å²) in [6, 6.07) is 9.16. The molecule has 3 aliphatic rings. The summed E-state index contributed by atoms with van der Waals surface area (Å²) in [6.07, 6.45) is 0.572. The number of hydrogen-bond acceptors (Lipinski definition) is 6. The zero-order valence-corrected chi connectivity index (χ0v) is 20.1.